The highest BCUT2D eigenvalue weighted by molar-refractivity contribution is 6.30. The molecule has 0 spiro atoms. The van der Waals surface area contributed by atoms with Crippen LogP contribution in [-0.4, -0.2) is 37.3 Å². The van der Waals surface area contributed by atoms with Crippen LogP contribution >= 0.6 is 11.6 Å². The molecule has 0 aliphatic rings. The van der Waals surface area contributed by atoms with Crippen molar-refractivity contribution in [2.75, 3.05) is 32.2 Å². The molecule has 1 aromatic heterocycles. The van der Waals surface area contributed by atoms with E-state index in [1.165, 1.54) is 0 Å². The van der Waals surface area contributed by atoms with Gasteiger partial charge < -0.3 is 9.64 Å². The van der Waals surface area contributed by atoms with Crippen LogP contribution in [0.25, 0.3) is 0 Å². The van der Waals surface area contributed by atoms with Crippen molar-refractivity contribution in [3.8, 4) is 0 Å². The van der Waals surface area contributed by atoms with Crippen LogP contribution in [-0.2, 0) is 4.74 Å². The second-order valence-corrected chi connectivity index (χ2v) is 3.78. The van der Waals surface area contributed by atoms with Crippen molar-refractivity contribution in [2.24, 2.45) is 0 Å². The lowest BCUT2D eigenvalue weighted by Crippen LogP contribution is -2.24. The topological polar surface area (TPSA) is 38.2 Å². The first-order valence-electron chi connectivity index (χ1n) is 4.77. The standard InChI is InChI=1S/C10H16ClN3O/c1-7-9(11)12-8(2)13-10(7)14(3)5-6-15-4/h5-6H2,1-4H3. The van der Waals surface area contributed by atoms with E-state index >= 15 is 0 Å². The predicted octanol–water partition coefficient (Wildman–Crippen LogP) is 1.83. The average molecular weight is 230 g/mol. The molecule has 1 heterocycles. The summed E-state index contributed by atoms with van der Waals surface area (Å²) < 4.78 is 5.02. The molecule has 4 nitrogen and oxygen atoms in total. The van der Waals surface area contributed by atoms with Crippen molar-refractivity contribution < 1.29 is 4.74 Å². The Labute approximate surface area is 95.2 Å². The van der Waals surface area contributed by atoms with Crippen molar-refractivity contribution >= 4 is 17.4 Å². The summed E-state index contributed by atoms with van der Waals surface area (Å²) in [7, 11) is 3.64. The van der Waals surface area contributed by atoms with Gasteiger partial charge in [-0.25, -0.2) is 9.97 Å². The molecule has 0 amide bonds. The third-order valence-electron chi connectivity index (χ3n) is 2.16. The number of methoxy groups -OCH3 is 1. The summed E-state index contributed by atoms with van der Waals surface area (Å²) in [6.45, 7) is 5.19. The molecule has 84 valence electrons. The number of halogens is 1. The summed E-state index contributed by atoms with van der Waals surface area (Å²) in [6.07, 6.45) is 0. The lowest BCUT2D eigenvalue weighted by Gasteiger charge is -2.20. The van der Waals surface area contributed by atoms with Gasteiger partial charge in [-0.1, -0.05) is 11.6 Å². The van der Waals surface area contributed by atoms with Crippen LogP contribution in [0.3, 0.4) is 0 Å². The molecule has 0 saturated carbocycles. The molecule has 0 fully saturated rings. The van der Waals surface area contributed by atoms with Gasteiger partial charge in [0.2, 0.25) is 0 Å². The van der Waals surface area contributed by atoms with Crippen molar-refractivity contribution in [1.82, 2.24) is 9.97 Å². The van der Waals surface area contributed by atoms with Crippen molar-refractivity contribution in [1.29, 1.82) is 0 Å². The van der Waals surface area contributed by atoms with Crippen LogP contribution in [0.2, 0.25) is 5.15 Å². The number of hydrogen-bond donors (Lipinski definition) is 0. The number of nitrogens with zero attached hydrogens (tertiary/aromatic N) is 3. The molecule has 0 saturated heterocycles. The first-order chi connectivity index (χ1) is 7.06. The quantitative estimate of drug-likeness (QED) is 0.739. The van der Waals surface area contributed by atoms with Gasteiger partial charge in [0.25, 0.3) is 0 Å². The lowest BCUT2D eigenvalue weighted by atomic mass is 10.3. The molecule has 0 aliphatic carbocycles. The summed E-state index contributed by atoms with van der Waals surface area (Å²) in [5, 5.41) is 0.516. The van der Waals surface area contributed by atoms with Crippen LogP contribution in [0.1, 0.15) is 11.4 Å². The summed E-state index contributed by atoms with van der Waals surface area (Å²) in [5.74, 6) is 1.55. The summed E-state index contributed by atoms with van der Waals surface area (Å²) in [4.78, 5) is 10.5. The van der Waals surface area contributed by atoms with Gasteiger partial charge in [-0.3, -0.25) is 0 Å². The Bertz CT molecular complexity index is 344. The monoisotopic (exact) mass is 229 g/mol. The fraction of sp³-hybridized carbons (Fsp3) is 0.600. The van der Waals surface area contributed by atoms with E-state index in [9.17, 15) is 0 Å². The Morgan fingerprint density at radius 2 is 2.00 bits per heavy atom. The van der Waals surface area contributed by atoms with Gasteiger partial charge >= 0.3 is 0 Å². The third kappa shape index (κ3) is 3.04. The van der Waals surface area contributed by atoms with Gasteiger partial charge in [-0.05, 0) is 13.8 Å². The summed E-state index contributed by atoms with van der Waals surface area (Å²) in [5.41, 5.74) is 0.904. The second-order valence-electron chi connectivity index (χ2n) is 3.42. The zero-order chi connectivity index (χ0) is 11.4. The number of ether oxygens (including phenoxy) is 1. The van der Waals surface area contributed by atoms with Gasteiger partial charge in [0, 0.05) is 26.3 Å². The first-order valence-corrected chi connectivity index (χ1v) is 5.15. The second kappa shape index (κ2) is 5.28. The van der Waals surface area contributed by atoms with E-state index in [-0.39, 0.29) is 0 Å². The fourth-order valence-corrected chi connectivity index (χ4v) is 1.49. The molecule has 15 heavy (non-hydrogen) atoms. The third-order valence-corrected chi connectivity index (χ3v) is 2.53. The molecular formula is C10H16ClN3O. The maximum atomic E-state index is 5.99. The molecule has 0 aliphatic heterocycles. The predicted molar refractivity (Wildman–Crippen MR) is 61.7 cm³/mol. The van der Waals surface area contributed by atoms with Gasteiger partial charge in [-0.15, -0.1) is 0 Å². The highest BCUT2D eigenvalue weighted by atomic mass is 35.5. The molecule has 1 aromatic rings. The van der Waals surface area contributed by atoms with Crippen LogP contribution < -0.4 is 4.90 Å². The van der Waals surface area contributed by atoms with Crippen LogP contribution in [0.5, 0.6) is 0 Å². The molecule has 0 aromatic carbocycles. The summed E-state index contributed by atoms with van der Waals surface area (Å²) >= 11 is 5.99. The van der Waals surface area contributed by atoms with E-state index in [4.69, 9.17) is 16.3 Å². The number of aryl methyl sites for hydroxylation is 1. The fourth-order valence-electron chi connectivity index (χ4n) is 1.29. The summed E-state index contributed by atoms with van der Waals surface area (Å²) in [6, 6.07) is 0. The number of hydrogen-bond acceptors (Lipinski definition) is 4. The van der Waals surface area contributed by atoms with Gasteiger partial charge in [0.15, 0.2) is 0 Å². The Kier molecular flexibility index (Phi) is 4.29. The smallest absolute Gasteiger partial charge is 0.137 e. The van der Waals surface area contributed by atoms with E-state index in [0.717, 1.165) is 17.9 Å². The van der Waals surface area contributed by atoms with Crippen molar-refractivity contribution in [3.05, 3.63) is 16.5 Å². The van der Waals surface area contributed by atoms with Gasteiger partial charge in [-0.2, -0.15) is 0 Å². The Morgan fingerprint density at radius 3 is 2.60 bits per heavy atom. The molecule has 0 N–H and O–H groups in total. The number of rotatable bonds is 4. The number of aromatic nitrogens is 2. The van der Waals surface area contributed by atoms with E-state index in [1.807, 2.05) is 25.8 Å². The molecule has 1 rings (SSSR count). The van der Waals surface area contributed by atoms with Crippen LogP contribution in [0.15, 0.2) is 0 Å². The largest absolute Gasteiger partial charge is 0.383 e. The lowest BCUT2D eigenvalue weighted by molar-refractivity contribution is 0.206. The molecule has 5 heteroatoms. The van der Waals surface area contributed by atoms with Crippen molar-refractivity contribution in [2.45, 2.75) is 13.8 Å². The van der Waals surface area contributed by atoms with E-state index in [0.29, 0.717) is 17.6 Å². The molecule has 0 unspecified atom stereocenters. The SMILES string of the molecule is COCCN(C)c1nc(C)nc(Cl)c1C. The van der Waals surface area contributed by atoms with Crippen LogP contribution in [0, 0.1) is 13.8 Å². The Balaban J connectivity index is 2.92. The number of likely N-dealkylation sites (N-methyl/N-ethyl adjacent to an activating group) is 1. The van der Waals surface area contributed by atoms with Gasteiger partial charge in [0.05, 0.1) is 6.61 Å². The first kappa shape index (κ1) is 12.2. The zero-order valence-electron chi connectivity index (χ0n) is 9.54. The highest BCUT2D eigenvalue weighted by Gasteiger charge is 2.10. The zero-order valence-corrected chi connectivity index (χ0v) is 10.3. The molecule has 0 bridgehead atoms. The van der Waals surface area contributed by atoms with Crippen molar-refractivity contribution in [3.63, 3.8) is 0 Å². The highest BCUT2D eigenvalue weighted by Crippen LogP contribution is 2.21. The number of anilines is 1. The molecule has 0 radical (unpaired) electrons. The minimum absolute atomic E-state index is 0.516. The molecule has 0 atom stereocenters. The average Bonchev–Trinajstić information content (AvgIpc) is 2.19. The van der Waals surface area contributed by atoms with Crippen LogP contribution in [0.4, 0.5) is 5.82 Å². The van der Waals surface area contributed by atoms with E-state index in [2.05, 4.69) is 9.97 Å². The molecular weight excluding hydrogens is 214 g/mol. The Hall–Kier alpha value is -0.870. The Morgan fingerprint density at radius 1 is 1.33 bits per heavy atom. The van der Waals surface area contributed by atoms with E-state index in [1.54, 1.807) is 7.11 Å². The van der Waals surface area contributed by atoms with E-state index < -0.39 is 0 Å². The minimum Gasteiger partial charge on any atom is -0.383 e. The maximum Gasteiger partial charge on any atom is 0.137 e. The van der Waals surface area contributed by atoms with Gasteiger partial charge in [0.1, 0.15) is 16.8 Å². The maximum absolute atomic E-state index is 5.99. The normalized spacial score (nSPS) is 10.5. The minimum atomic E-state index is 0.516.